The molecule has 106 valence electrons. The zero-order valence-electron chi connectivity index (χ0n) is 12.0. The molecule has 0 fully saturated rings. The van der Waals surface area contributed by atoms with Crippen LogP contribution in [0.2, 0.25) is 0 Å². The van der Waals surface area contributed by atoms with Crippen LogP contribution in [-0.4, -0.2) is 7.11 Å². The van der Waals surface area contributed by atoms with Gasteiger partial charge < -0.3 is 4.74 Å². The first-order valence-corrected chi connectivity index (χ1v) is 8.43. The van der Waals surface area contributed by atoms with Crippen molar-refractivity contribution in [2.75, 3.05) is 7.11 Å². The number of thioether (sulfide) groups is 1. The van der Waals surface area contributed by atoms with Crippen LogP contribution in [0.25, 0.3) is 0 Å². The van der Waals surface area contributed by atoms with Crippen LogP contribution in [0.3, 0.4) is 0 Å². The van der Waals surface area contributed by atoms with Crippen molar-refractivity contribution in [1.29, 1.82) is 0 Å². The number of halogens is 1. The van der Waals surface area contributed by atoms with Gasteiger partial charge in [-0.25, -0.2) is 0 Å². The maximum Gasteiger partial charge on any atom is 0.122 e. The summed E-state index contributed by atoms with van der Waals surface area (Å²) in [4.78, 5) is 1.29. The van der Waals surface area contributed by atoms with Crippen molar-refractivity contribution in [2.24, 2.45) is 0 Å². The number of methoxy groups -OCH3 is 1. The topological polar surface area (TPSA) is 9.23 Å². The number of hydrogen-bond donors (Lipinski definition) is 0. The molecule has 0 N–H and O–H groups in total. The molecule has 2 rings (SSSR count). The summed E-state index contributed by atoms with van der Waals surface area (Å²) in [5.41, 5.74) is 2.59. The molecule has 20 heavy (non-hydrogen) atoms. The maximum atomic E-state index is 5.41. The second kappa shape index (κ2) is 7.19. The molecule has 0 atom stereocenters. The van der Waals surface area contributed by atoms with Gasteiger partial charge in [-0.3, -0.25) is 0 Å². The van der Waals surface area contributed by atoms with Crippen molar-refractivity contribution < 1.29 is 4.74 Å². The number of rotatable bonds is 5. The Kier molecular flexibility index (Phi) is 5.55. The average molecular weight is 351 g/mol. The lowest BCUT2D eigenvalue weighted by atomic mass is 10.0. The van der Waals surface area contributed by atoms with Crippen LogP contribution in [0, 0.1) is 0 Å². The summed E-state index contributed by atoms with van der Waals surface area (Å²) in [6, 6.07) is 15.0. The molecule has 0 aliphatic rings. The Labute approximate surface area is 133 Å². The van der Waals surface area contributed by atoms with Gasteiger partial charge in [0.2, 0.25) is 0 Å². The Morgan fingerprint density at radius 1 is 1.10 bits per heavy atom. The van der Waals surface area contributed by atoms with Crippen molar-refractivity contribution in [3.8, 4) is 5.75 Å². The maximum absolute atomic E-state index is 5.41. The minimum Gasteiger partial charge on any atom is -0.496 e. The first-order valence-electron chi connectivity index (χ1n) is 6.65. The molecule has 0 unspecified atom stereocenters. The molecule has 0 radical (unpaired) electrons. The van der Waals surface area contributed by atoms with Gasteiger partial charge in [-0.2, -0.15) is 0 Å². The predicted molar refractivity (Wildman–Crippen MR) is 90.8 cm³/mol. The van der Waals surface area contributed by atoms with Crippen LogP contribution in [0.15, 0.2) is 51.8 Å². The molecular formula is C17H19BrOS. The van der Waals surface area contributed by atoms with Crippen molar-refractivity contribution in [3.63, 3.8) is 0 Å². The predicted octanol–water partition coefficient (Wildman–Crippen LogP) is 5.87. The van der Waals surface area contributed by atoms with E-state index in [0.717, 1.165) is 16.0 Å². The van der Waals surface area contributed by atoms with E-state index in [1.807, 2.05) is 23.9 Å². The third-order valence-corrected chi connectivity index (χ3v) is 4.74. The highest BCUT2D eigenvalue weighted by atomic mass is 79.9. The van der Waals surface area contributed by atoms with Gasteiger partial charge in [-0.1, -0.05) is 41.9 Å². The standard InChI is InChI=1S/C17H19BrOS/c1-12(2)13-4-7-16(8-5-13)20-11-14-10-15(18)6-9-17(14)19-3/h4-10,12H,11H2,1-3H3. The third kappa shape index (κ3) is 4.03. The van der Waals surface area contributed by atoms with Gasteiger partial charge in [0, 0.05) is 20.7 Å². The monoisotopic (exact) mass is 350 g/mol. The molecular weight excluding hydrogens is 332 g/mol. The quantitative estimate of drug-likeness (QED) is 0.623. The van der Waals surface area contributed by atoms with Crippen molar-refractivity contribution in [2.45, 2.75) is 30.4 Å². The normalized spacial score (nSPS) is 10.8. The molecule has 2 aromatic carbocycles. The van der Waals surface area contributed by atoms with Crippen LogP contribution in [0.4, 0.5) is 0 Å². The van der Waals surface area contributed by atoms with Crippen LogP contribution >= 0.6 is 27.7 Å². The van der Waals surface area contributed by atoms with Crippen molar-refractivity contribution >= 4 is 27.7 Å². The summed E-state index contributed by atoms with van der Waals surface area (Å²) >= 11 is 5.34. The highest BCUT2D eigenvalue weighted by molar-refractivity contribution is 9.10. The Balaban J connectivity index is 2.06. The zero-order chi connectivity index (χ0) is 14.5. The SMILES string of the molecule is COc1ccc(Br)cc1CSc1ccc(C(C)C)cc1. The van der Waals surface area contributed by atoms with E-state index in [1.165, 1.54) is 16.0 Å². The van der Waals surface area contributed by atoms with Gasteiger partial charge in [0.15, 0.2) is 0 Å². The molecule has 3 heteroatoms. The molecule has 0 bridgehead atoms. The molecule has 0 saturated carbocycles. The second-order valence-electron chi connectivity index (χ2n) is 4.97. The van der Waals surface area contributed by atoms with E-state index in [-0.39, 0.29) is 0 Å². The van der Waals surface area contributed by atoms with Crippen LogP contribution in [0.5, 0.6) is 5.75 Å². The number of hydrogen-bond acceptors (Lipinski definition) is 2. The summed E-state index contributed by atoms with van der Waals surface area (Å²) < 4.78 is 6.49. The molecule has 0 amide bonds. The van der Waals surface area contributed by atoms with Crippen LogP contribution in [0.1, 0.15) is 30.9 Å². The fraction of sp³-hybridized carbons (Fsp3) is 0.294. The van der Waals surface area contributed by atoms with Gasteiger partial charge in [0.05, 0.1) is 7.11 Å². The van der Waals surface area contributed by atoms with Gasteiger partial charge >= 0.3 is 0 Å². The molecule has 2 aromatic rings. The van der Waals surface area contributed by atoms with E-state index in [4.69, 9.17) is 4.74 Å². The van der Waals surface area contributed by atoms with E-state index in [1.54, 1.807) is 7.11 Å². The lowest BCUT2D eigenvalue weighted by Crippen LogP contribution is -1.90. The molecule has 0 saturated heterocycles. The van der Waals surface area contributed by atoms with E-state index < -0.39 is 0 Å². The fourth-order valence-electron chi connectivity index (χ4n) is 1.97. The first kappa shape index (κ1) is 15.5. The lowest BCUT2D eigenvalue weighted by Gasteiger charge is -2.10. The number of ether oxygens (including phenoxy) is 1. The van der Waals surface area contributed by atoms with Gasteiger partial charge in [0.25, 0.3) is 0 Å². The van der Waals surface area contributed by atoms with Gasteiger partial charge in [-0.05, 0) is 41.8 Å². The third-order valence-electron chi connectivity index (χ3n) is 3.18. The smallest absolute Gasteiger partial charge is 0.122 e. The molecule has 0 spiro atoms. The highest BCUT2D eigenvalue weighted by Gasteiger charge is 2.05. The van der Waals surface area contributed by atoms with E-state index >= 15 is 0 Å². The van der Waals surface area contributed by atoms with E-state index in [9.17, 15) is 0 Å². The summed E-state index contributed by atoms with van der Waals surface area (Å²) in [5.74, 6) is 2.43. The average Bonchev–Trinajstić information content (AvgIpc) is 2.45. The molecule has 0 heterocycles. The Bertz CT molecular complexity index is 564. The fourth-order valence-corrected chi connectivity index (χ4v) is 3.25. The molecule has 0 aromatic heterocycles. The van der Waals surface area contributed by atoms with Crippen molar-refractivity contribution in [1.82, 2.24) is 0 Å². The number of benzene rings is 2. The summed E-state index contributed by atoms with van der Waals surface area (Å²) in [6.45, 7) is 4.43. The van der Waals surface area contributed by atoms with E-state index in [0.29, 0.717) is 5.92 Å². The van der Waals surface area contributed by atoms with Gasteiger partial charge in [-0.15, -0.1) is 11.8 Å². The minimum atomic E-state index is 0.583. The Morgan fingerprint density at radius 3 is 2.40 bits per heavy atom. The first-order chi connectivity index (χ1) is 9.60. The molecule has 0 aliphatic carbocycles. The van der Waals surface area contributed by atoms with Crippen LogP contribution in [-0.2, 0) is 5.75 Å². The second-order valence-corrected chi connectivity index (χ2v) is 6.93. The Hall–Kier alpha value is -0.930. The minimum absolute atomic E-state index is 0.583. The summed E-state index contributed by atoms with van der Waals surface area (Å²) in [5, 5.41) is 0. The summed E-state index contributed by atoms with van der Waals surface area (Å²) in [6.07, 6.45) is 0. The van der Waals surface area contributed by atoms with Gasteiger partial charge in [0.1, 0.15) is 5.75 Å². The molecule has 1 nitrogen and oxygen atoms in total. The lowest BCUT2D eigenvalue weighted by molar-refractivity contribution is 0.411. The van der Waals surface area contributed by atoms with E-state index in [2.05, 4.69) is 60.1 Å². The van der Waals surface area contributed by atoms with Crippen molar-refractivity contribution in [3.05, 3.63) is 58.1 Å². The zero-order valence-corrected chi connectivity index (χ0v) is 14.4. The highest BCUT2D eigenvalue weighted by Crippen LogP contribution is 2.30. The molecule has 0 aliphatic heterocycles. The van der Waals surface area contributed by atoms with Crippen LogP contribution < -0.4 is 4.74 Å². The largest absolute Gasteiger partial charge is 0.496 e. The summed E-state index contributed by atoms with van der Waals surface area (Å²) in [7, 11) is 1.72. The Morgan fingerprint density at radius 2 is 1.80 bits per heavy atom.